The van der Waals surface area contributed by atoms with Gasteiger partial charge in [-0.3, -0.25) is 9.89 Å². The van der Waals surface area contributed by atoms with E-state index in [1.54, 1.807) is 13.3 Å². The van der Waals surface area contributed by atoms with E-state index in [1.165, 1.54) is 11.8 Å². The molecule has 0 aliphatic carbocycles. The van der Waals surface area contributed by atoms with Crippen LogP contribution >= 0.6 is 11.8 Å². The number of hydrogen-bond acceptors (Lipinski definition) is 5. The number of ether oxygens (including phenoxy) is 2. The number of fused-ring (bicyclic) bond motifs is 1. The first-order valence-corrected chi connectivity index (χ1v) is 7.96. The molecule has 118 valence electrons. The number of H-pyrrole nitrogens is 1. The summed E-state index contributed by atoms with van der Waals surface area (Å²) < 4.78 is 10.8. The summed E-state index contributed by atoms with van der Waals surface area (Å²) in [5.74, 6) is 4.57. The van der Waals surface area contributed by atoms with Gasteiger partial charge >= 0.3 is 0 Å². The molecule has 1 aliphatic heterocycles. The lowest BCUT2D eigenvalue weighted by molar-refractivity contribution is -0.113. The van der Waals surface area contributed by atoms with E-state index in [0.29, 0.717) is 23.1 Å². The van der Waals surface area contributed by atoms with Crippen molar-refractivity contribution in [1.29, 1.82) is 0 Å². The van der Waals surface area contributed by atoms with Crippen molar-refractivity contribution in [2.75, 3.05) is 24.8 Å². The number of amides is 1. The van der Waals surface area contributed by atoms with E-state index in [1.807, 2.05) is 18.2 Å². The number of nitrogens with one attached hydrogen (secondary N) is 2. The molecule has 0 bridgehead atoms. The molecule has 1 aromatic carbocycles. The number of rotatable bonds is 4. The fraction of sp³-hybridized carbons (Fsp3) is 0.250. The first-order chi connectivity index (χ1) is 11.2. The Kier molecular flexibility index (Phi) is 4.44. The predicted octanol–water partition coefficient (Wildman–Crippen LogP) is 2.21. The van der Waals surface area contributed by atoms with E-state index >= 15 is 0 Å². The van der Waals surface area contributed by atoms with Crippen LogP contribution in [0.25, 0.3) is 0 Å². The highest BCUT2D eigenvalue weighted by Crippen LogP contribution is 2.42. The van der Waals surface area contributed by atoms with E-state index in [9.17, 15) is 4.79 Å². The van der Waals surface area contributed by atoms with Crippen LogP contribution in [-0.2, 0) is 4.79 Å². The molecule has 0 unspecified atom stereocenters. The van der Waals surface area contributed by atoms with Gasteiger partial charge in [-0.2, -0.15) is 5.10 Å². The molecule has 2 N–H and O–H groups in total. The number of hydrogen-bond donors (Lipinski definition) is 2. The molecule has 23 heavy (non-hydrogen) atoms. The number of anilines is 1. The number of carbonyl (C=O) groups is 1. The first kappa shape index (κ1) is 15.3. The molecule has 1 amide bonds. The van der Waals surface area contributed by atoms with Crippen molar-refractivity contribution in [3.05, 3.63) is 35.5 Å². The molecule has 1 aliphatic rings. The van der Waals surface area contributed by atoms with Crippen molar-refractivity contribution in [3.63, 3.8) is 0 Å². The highest BCUT2D eigenvalue weighted by Gasteiger charge is 2.26. The zero-order valence-electron chi connectivity index (χ0n) is 12.5. The Bertz CT molecular complexity index is 766. The smallest absolute Gasteiger partial charge is 0.235 e. The summed E-state index contributed by atoms with van der Waals surface area (Å²) in [5.41, 5.74) is 1.91. The quantitative estimate of drug-likeness (QED) is 0.841. The van der Waals surface area contributed by atoms with E-state index in [4.69, 9.17) is 15.9 Å². The minimum absolute atomic E-state index is 0.0400. The fourth-order valence-electron chi connectivity index (χ4n) is 2.38. The molecular weight excluding hydrogens is 314 g/mol. The SMILES string of the molecule is C#CCOc1cc([C@H]2SCC(=O)Nc3[nH]ncc32)ccc1OC. The molecule has 0 saturated heterocycles. The van der Waals surface area contributed by atoms with Crippen LogP contribution in [0.2, 0.25) is 0 Å². The molecule has 6 nitrogen and oxygen atoms in total. The Balaban J connectivity index is 1.98. The van der Waals surface area contributed by atoms with E-state index in [-0.39, 0.29) is 17.8 Å². The number of nitrogens with zero attached hydrogens (tertiary/aromatic N) is 1. The third-order valence-corrected chi connectivity index (χ3v) is 4.69. The Morgan fingerprint density at radius 3 is 3.13 bits per heavy atom. The van der Waals surface area contributed by atoms with Gasteiger partial charge in [-0.05, 0) is 17.7 Å². The first-order valence-electron chi connectivity index (χ1n) is 6.92. The Morgan fingerprint density at radius 2 is 2.35 bits per heavy atom. The van der Waals surface area contributed by atoms with Crippen LogP contribution in [0, 0.1) is 12.3 Å². The lowest BCUT2D eigenvalue weighted by atomic mass is 10.1. The maximum atomic E-state index is 11.8. The standard InChI is InChI=1S/C16H15N3O3S/c1-3-6-22-13-7-10(4-5-12(13)21-2)15-11-8-17-19-16(11)18-14(20)9-23-15/h1,4-5,7-8,15H,6,9H2,2H3,(H2,17,18,19,20)/t15-/m1/s1. The number of terminal acetylenes is 1. The molecule has 3 rings (SSSR count). The van der Waals surface area contributed by atoms with Crippen molar-refractivity contribution >= 4 is 23.5 Å². The van der Waals surface area contributed by atoms with Crippen LogP contribution in [0.15, 0.2) is 24.4 Å². The summed E-state index contributed by atoms with van der Waals surface area (Å²) in [6.07, 6.45) is 6.98. The van der Waals surface area contributed by atoms with Crippen LogP contribution < -0.4 is 14.8 Å². The number of aromatic amines is 1. The molecule has 0 radical (unpaired) electrons. The van der Waals surface area contributed by atoms with Crippen molar-refractivity contribution < 1.29 is 14.3 Å². The monoisotopic (exact) mass is 329 g/mol. The molecule has 2 aromatic rings. The van der Waals surface area contributed by atoms with E-state index < -0.39 is 0 Å². The van der Waals surface area contributed by atoms with Crippen molar-refractivity contribution in [1.82, 2.24) is 10.2 Å². The lowest BCUT2D eigenvalue weighted by Gasteiger charge is -2.16. The second kappa shape index (κ2) is 6.67. The van der Waals surface area contributed by atoms with Crippen molar-refractivity contribution in [2.45, 2.75) is 5.25 Å². The van der Waals surface area contributed by atoms with Gasteiger partial charge in [0.1, 0.15) is 12.4 Å². The fourth-order valence-corrected chi connectivity index (χ4v) is 3.47. The molecule has 1 atom stereocenters. The summed E-state index contributed by atoms with van der Waals surface area (Å²) in [7, 11) is 1.58. The maximum absolute atomic E-state index is 11.8. The number of thioether (sulfide) groups is 1. The number of aromatic nitrogens is 2. The third-order valence-electron chi connectivity index (χ3n) is 3.40. The molecule has 1 aromatic heterocycles. The zero-order valence-corrected chi connectivity index (χ0v) is 13.3. The Morgan fingerprint density at radius 1 is 1.48 bits per heavy atom. The highest BCUT2D eigenvalue weighted by atomic mass is 32.2. The Labute approximate surface area is 137 Å². The lowest BCUT2D eigenvalue weighted by Crippen LogP contribution is -2.12. The van der Waals surface area contributed by atoms with E-state index in [0.717, 1.165) is 11.1 Å². The molecule has 0 saturated carbocycles. The van der Waals surface area contributed by atoms with Gasteiger partial charge in [-0.15, -0.1) is 18.2 Å². The van der Waals surface area contributed by atoms with E-state index in [2.05, 4.69) is 21.4 Å². The minimum atomic E-state index is -0.0553. The van der Waals surface area contributed by atoms with Gasteiger partial charge in [0.15, 0.2) is 11.5 Å². The second-order valence-corrected chi connectivity index (χ2v) is 5.94. The number of carbonyl (C=O) groups excluding carboxylic acids is 1. The summed E-state index contributed by atoms with van der Waals surface area (Å²) in [5, 5.41) is 9.62. The van der Waals surface area contributed by atoms with Crippen LogP contribution in [0.5, 0.6) is 11.5 Å². The third kappa shape index (κ3) is 3.12. The van der Waals surface area contributed by atoms with Crippen LogP contribution in [-0.4, -0.2) is 35.6 Å². The average molecular weight is 329 g/mol. The summed E-state index contributed by atoms with van der Waals surface area (Å²) in [6, 6.07) is 5.67. The van der Waals surface area contributed by atoms with Gasteiger partial charge < -0.3 is 14.8 Å². The van der Waals surface area contributed by atoms with Crippen molar-refractivity contribution in [2.24, 2.45) is 0 Å². The maximum Gasteiger partial charge on any atom is 0.235 e. The van der Waals surface area contributed by atoms with Gasteiger partial charge in [-0.25, -0.2) is 0 Å². The normalized spacial score (nSPS) is 16.7. The molecule has 2 heterocycles. The van der Waals surface area contributed by atoms with Gasteiger partial charge in [0.2, 0.25) is 5.91 Å². The molecular formula is C16H15N3O3S. The van der Waals surface area contributed by atoms with Crippen LogP contribution in [0.1, 0.15) is 16.4 Å². The Hall–Kier alpha value is -2.59. The largest absolute Gasteiger partial charge is 0.493 e. The summed E-state index contributed by atoms with van der Waals surface area (Å²) in [6.45, 7) is 0.161. The molecule has 7 heteroatoms. The van der Waals surface area contributed by atoms with Gasteiger partial charge in [0, 0.05) is 5.56 Å². The number of benzene rings is 1. The zero-order chi connectivity index (χ0) is 16.2. The summed E-state index contributed by atoms with van der Waals surface area (Å²) >= 11 is 1.53. The average Bonchev–Trinajstić information content (AvgIpc) is 2.95. The van der Waals surface area contributed by atoms with Crippen molar-refractivity contribution in [3.8, 4) is 23.8 Å². The molecule has 0 spiro atoms. The predicted molar refractivity (Wildman–Crippen MR) is 88.8 cm³/mol. The van der Waals surface area contributed by atoms with Crippen LogP contribution in [0.3, 0.4) is 0 Å². The molecule has 0 fully saturated rings. The van der Waals surface area contributed by atoms with Gasteiger partial charge in [0.05, 0.1) is 24.3 Å². The van der Waals surface area contributed by atoms with Gasteiger partial charge in [0.25, 0.3) is 0 Å². The second-order valence-electron chi connectivity index (χ2n) is 4.84. The minimum Gasteiger partial charge on any atom is -0.493 e. The van der Waals surface area contributed by atoms with Gasteiger partial charge in [-0.1, -0.05) is 12.0 Å². The summed E-state index contributed by atoms with van der Waals surface area (Å²) in [4.78, 5) is 11.8. The topological polar surface area (TPSA) is 76.2 Å². The highest BCUT2D eigenvalue weighted by molar-refractivity contribution is 8.00. The van der Waals surface area contributed by atoms with Crippen LogP contribution in [0.4, 0.5) is 5.82 Å². The number of methoxy groups -OCH3 is 1.